The van der Waals surface area contributed by atoms with E-state index < -0.39 is 5.97 Å². The van der Waals surface area contributed by atoms with Crippen molar-refractivity contribution < 1.29 is 14.3 Å². The topological polar surface area (TPSA) is 53.7 Å². The lowest BCUT2D eigenvalue weighted by Gasteiger charge is -2.24. The first-order valence-corrected chi connectivity index (χ1v) is 7.70. The molecule has 0 spiro atoms. The monoisotopic (exact) mass is 287 g/mol. The van der Waals surface area contributed by atoms with Crippen molar-refractivity contribution >= 4 is 16.9 Å². The molecule has 2 heterocycles. The molecule has 112 valence electrons. The maximum atomic E-state index is 10.9. The van der Waals surface area contributed by atoms with E-state index in [1.165, 1.54) is 37.7 Å². The minimum absolute atomic E-state index is 0.00779. The molecule has 1 fully saturated rings. The SMILES string of the molecule is O=C(O)c1cc2cc(CN3CCCCCCC3)ccc2o1. The molecule has 1 aliphatic rings. The number of carboxylic acids is 1. The normalized spacial score (nSPS) is 17.5. The van der Waals surface area contributed by atoms with Gasteiger partial charge in [-0.15, -0.1) is 0 Å². The van der Waals surface area contributed by atoms with E-state index in [9.17, 15) is 4.79 Å². The molecule has 0 aliphatic carbocycles. The number of nitrogens with zero attached hydrogens (tertiary/aromatic N) is 1. The molecule has 0 unspecified atom stereocenters. The average Bonchev–Trinajstić information content (AvgIpc) is 2.85. The largest absolute Gasteiger partial charge is 0.475 e. The summed E-state index contributed by atoms with van der Waals surface area (Å²) in [7, 11) is 0. The standard InChI is InChI=1S/C17H21NO3/c19-17(20)16-11-14-10-13(6-7-15(14)21-16)12-18-8-4-2-1-3-5-9-18/h6-7,10-11H,1-5,8-9,12H2,(H,19,20). The van der Waals surface area contributed by atoms with E-state index in [0.717, 1.165) is 25.0 Å². The van der Waals surface area contributed by atoms with Crippen LogP contribution in [0.15, 0.2) is 28.7 Å². The third-order valence-electron chi connectivity index (χ3n) is 4.15. The molecular formula is C17H21NO3. The number of hydrogen-bond acceptors (Lipinski definition) is 3. The van der Waals surface area contributed by atoms with E-state index in [2.05, 4.69) is 4.90 Å². The second kappa shape index (κ2) is 6.31. The summed E-state index contributed by atoms with van der Waals surface area (Å²) in [6.07, 6.45) is 6.58. The summed E-state index contributed by atoms with van der Waals surface area (Å²) < 4.78 is 5.30. The lowest BCUT2D eigenvalue weighted by molar-refractivity contribution is 0.0665. The van der Waals surface area contributed by atoms with Gasteiger partial charge in [0.1, 0.15) is 5.58 Å². The van der Waals surface area contributed by atoms with E-state index in [0.29, 0.717) is 5.58 Å². The van der Waals surface area contributed by atoms with Crippen LogP contribution in [0.3, 0.4) is 0 Å². The number of fused-ring (bicyclic) bond motifs is 1. The number of aromatic carboxylic acids is 1. The van der Waals surface area contributed by atoms with Gasteiger partial charge in [-0.3, -0.25) is 4.90 Å². The Hall–Kier alpha value is -1.81. The van der Waals surface area contributed by atoms with Gasteiger partial charge in [-0.05, 0) is 49.7 Å². The Bertz CT molecular complexity index is 624. The zero-order valence-corrected chi connectivity index (χ0v) is 12.2. The number of rotatable bonds is 3. The Labute approximate surface area is 124 Å². The Balaban J connectivity index is 1.75. The van der Waals surface area contributed by atoms with Crippen LogP contribution in [0.1, 0.15) is 48.2 Å². The van der Waals surface area contributed by atoms with Crippen LogP contribution in [-0.2, 0) is 6.54 Å². The lowest BCUT2D eigenvalue weighted by atomic mass is 10.1. The fourth-order valence-electron chi connectivity index (χ4n) is 3.03. The summed E-state index contributed by atoms with van der Waals surface area (Å²) >= 11 is 0. The molecule has 1 aromatic heterocycles. The fraction of sp³-hybridized carbons (Fsp3) is 0.471. The highest BCUT2D eigenvalue weighted by atomic mass is 16.4. The van der Waals surface area contributed by atoms with Crippen molar-refractivity contribution in [2.45, 2.75) is 38.6 Å². The van der Waals surface area contributed by atoms with Crippen LogP contribution in [0, 0.1) is 0 Å². The second-order valence-corrected chi connectivity index (χ2v) is 5.83. The molecule has 4 nitrogen and oxygen atoms in total. The van der Waals surface area contributed by atoms with Crippen molar-refractivity contribution in [3.05, 3.63) is 35.6 Å². The molecule has 0 atom stereocenters. The van der Waals surface area contributed by atoms with Crippen LogP contribution in [-0.4, -0.2) is 29.1 Å². The molecule has 1 aromatic carbocycles. The molecule has 21 heavy (non-hydrogen) atoms. The highest BCUT2D eigenvalue weighted by Crippen LogP contribution is 2.22. The van der Waals surface area contributed by atoms with Crippen LogP contribution in [0.4, 0.5) is 0 Å². The Kier molecular flexibility index (Phi) is 4.25. The van der Waals surface area contributed by atoms with E-state index in [1.54, 1.807) is 6.07 Å². The summed E-state index contributed by atoms with van der Waals surface area (Å²) in [5, 5.41) is 9.84. The molecule has 4 heteroatoms. The van der Waals surface area contributed by atoms with Gasteiger partial charge >= 0.3 is 5.97 Å². The smallest absolute Gasteiger partial charge is 0.371 e. The van der Waals surface area contributed by atoms with Gasteiger partial charge in [0.2, 0.25) is 5.76 Å². The summed E-state index contributed by atoms with van der Waals surface area (Å²) in [5.41, 5.74) is 1.87. The first-order valence-electron chi connectivity index (χ1n) is 7.70. The minimum atomic E-state index is -1.02. The first-order chi connectivity index (χ1) is 10.2. The van der Waals surface area contributed by atoms with Crippen LogP contribution in [0.25, 0.3) is 11.0 Å². The summed E-state index contributed by atoms with van der Waals surface area (Å²) in [6.45, 7) is 3.25. The Morgan fingerprint density at radius 2 is 1.81 bits per heavy atom. The predicted octanol–water partition coefficient (Wildman–Crippen LogP) is 3.90. The quantitative estimate of drug-likeness (QED) is 0.930. The van der Waals surface area contributed by atoms with Crippen molar-refractivity contribution in [3.63, 3.8) is 0 Å². The van der Waals surface area contributed by atoms with E-state index >= 15 is 0 Å². The maximum absolute atomic E-state index is 10.9. The molecule has 1 aliphatic heterocycles. The molecule has 0 radical (unpaired) electrons. The highest BCUT2D eigenvalue weighted by Gasteiger charge is 2.12. The maximum Gasteiger partial charge on any atom is 0.371 e. The van der Waals surface area contributed by atoms with Crippen LogP contribution in [0.5, 0.6) is 0 Å². The number of hydrogen-bond donors (Lipinski definition) is 1. The van der Waals surface area contributed by atoms with E-state index in [1.807, 2.05) is 18.2 Å². The molecule has 0 bridgehead atoms. The van der Waals surface area contributed by atoms with Crippen molar-refractivity contribution in [2.24, 2.45) is 0 Å². The molecule has 2 aromatic rings. The summed E-state index contributed by atoms with van der Waals surface area (Å²) in [4.78, 5) is 13.4. The molecule has 1 N–H and O–H groups in total. The zero-order chi connectivity index (χ0) is 14.7. The number of furan rings is 1. The Morgan fingerprint density at radius 3 is 2.52 bits per heavy atom. The number of likely N-dealkylation sites (tertiary alicyclic amines) is 1. The minimum Gasteiger partial charge on any atom is -0.475 e. The lowest BCUT2D eigenvalue weighted by Crippen LogP contribution is -2.26. The predicted molar refractivity (Wildman–Crippen MR) is 81.5 cm³/mol. The van der Waals surface area contributed by atoms with Gasteiger partial charge in [-0.25, -0.2) is 4.79 Å². The fourth-order valence-corrected chi connectivity index (χ4v) is 3.03. The van der Waals surface area contributed by atoms with Crippen LogP contribution < -0.4 is 0 Å². The van der Waals surface area contributed by atoms with Gasteiger partial charge in [-0.1, -0.05) is 25.3 Å². The molecule has 3 rings (SSSR count). The van der Waals surface area contributed by atoms with Gasteiger partial charge in [0.25, 0.3) is 0 Å². The third kappa shape index (κ3) is 3.45. The number of carbonyl (C=O) groups is 1. The number of carboxylic acid groups (broad SMARTS) is 1. The van der Waals surface area contributed by atoms with Crippen LogP contribution in [0.2, 0.25) is 0 Å². The highest BCUT2D eigenvalue weighted by molar-refractivity contribution is 5.91. The van der Waals surface area contributed by atoms with Gasteiger partial charge in [0.15, 0.2) is 0 Å². The number of benzene rings is 1. The van der Waals surface area contributed by atoms with Crippen molar-refractivity contribution in [1.29, 1.82) is 0 Å². The van der Waals surface area contributed by atoms with Crippen molar-refractivity contribution in [1.82, 2.24) is 4.90 Å². The van der Waals surface area contributed by atoms with Gasteiger partial charge in [0, 0.05) is 11.9 Å². The molecular weight excluding hydrogens is 266 g/mol. The first kappa shape index (κ1) is 14.1. The van der Waals surface area contributed by atoms with Crippen molar-refractivity contribution in [2.75, 3.05) is 13.1 Å². The van der Waals surface area contributed by atoms with E-state index in [4.69, 9.17) is 9.52 Å². The summed E-state index contributed by atoms with van der Waals surface area (Å²) in [5.74, 6) is -1.01. The third-order valence-corrected chi connectivity index (χ3v) is 4.15. The van der Waals surface area contributed by atoms with Crippen LogP contribution >= 0.6 is 0 Å². The molecule has 0 saturated carbocycles. The second-order valence-electron chi connectivity index (χ2n) is 5.83. The Morgan fingerprint density at radius 1 is 1.10 bits per heavy atom. The van der Waals surface area contributed by atoms with Gasteiger partial charge < -0.3 is 9.52 Å². The van der Waals surface area contributed by atoms with Crippen molar-refractivity contribution in [3.8, 4) is 0 Å². The zero-order valence-electron chi connectivity index (χ0n) is 12.2. The molecule has 0 amide bonds. The average molecular weight is 287 g/mol. The van der Waals surface area contributed by atoms with E-state index in [-0.39, 0.29) is 5.76 Å². The molecule has 1 saturated heterocycles. The van der Waals surface area contributed by atoms with Gasteiger partial charge in [0.05, 0.1) is 0 Å². The summed E-state index contributed by atoms with van der Waals surface area (Å²) in [6, 6.07) is 7.57. The van der Waals surface area contributed by atoms with Gasteiger partial charge in [-0.2, -0.15) is 0 Å².